The van der Waals surface area contributed by atoms with Crippen LogP contribution in [0.15, 0.2) is 12.1 Å². The van der Waals surface area contributed by atoms with Gasteiger partial charge in [0, 0.05) is 17.7 Å². The van der Waals surface area contributed by atoms with Gasteiger partial charge >= 0.3 is 5.97 Å². The largest absolute Gasteiger partial charge is 0.479 e. The minimum Gasteiger partial charge on any atom is -0.479 e. The summed E-state index contributed by atoms with van der Waals surface area (Å²) < 4.78 is 31.2. The van der Waals surface area contributed by atoms with Gasteiger partial charge in [0.1, 0.15) is 17.4 Å². The number of benzene rings is 1. The molecule has 1 unspecified atom stereocenters. The quantitative estimate of drug-likeness (QED) is 0.863. The number of hydrogen-bond acceptors (Lipinski definition) is 2. The van der Waals surface area contributed by atoms with Crippen LogP contribution in [0.4, 0.5) is 8.78 Å². The zero-order chi connectivity index (χ0) is 12.3. The van der Waals surface area contributed by atoms with Crippen LogP contribution in [0.3, 0.4) is 0 Å². The SMILES string of the molecule is CCc1c(F)cc(F)cc1OC(C)C(=O)O. The Hall–Kier alpha value is -1.65. The first-order valence-electron chi connectivity index (χ1n) is 4.83. The maximum absolute atomic E-state index is 13.3. The molecule has 0 amide bonds. The molecular formula is C11H12F2O3. The van der Waals surface area contributed by atoms with Crippen molar-refractivity contribution >= 4 is 5.97 Å². The molecule has 1 atom stereocenters. The van der Waals surface area contributed by atoms with Crippen LogP contribution in [0, 0.1) is 11.6 Å². The summed E-state index contributed by atoms with van der Waals surface area (Å²) in [6.45, 7) is 2.97. The van der Waals surface area contributed by atoms with E-state index in [0.717, 1.165) is 12.1 Å². The number of hydrogen-bond donors (Lipinski definition) is 1. The van der Waals surface area contributed by atoms with Gasteiger partial charge < -0.3 is 9.84 Å². The number of halogens is 2. The second kappa shape index (κ2) is 4.92. The lowest BCUT2D eigenvalue weighted by atomic mass is 10.1. The molecule has 0 aliphatic heterocycles. The van der Waals surface area contributed by atoms with E-state index in [1.807, 2.05) is 0 Å². The van der Waals surface area contributed by atoms with E-state index in [9.17, 15) is 13.6 Å². The van der Waals surface area contributed by atoms with Crippen LogP contribution in [0.5, 0.6) is 5.75 Å². The van der Waals surface area contributed by atoms with Gasteiger partial charge in [-0.05, 0) is 13.3 Å². The lowest BCUT2D eigenvalue weighted by Crippen LogP contribution is -2.23. The molecule has 1 rings (SSSR count). The molecule has 0 aliphatic carbocycles. The molecular weight excluding hydrogens is 218 g/mol. The number of carboxylic acids is 1. The van der Waals surface area contributed by atoms with Crippen molar-refractivity contribution < 1.29 is 23.4 Å². The highest BCUT2D eigenvalue weighted by molar-refractivity contribution is 5.72. The van der Waals surface area contributed by atoms with Crippen LogP contribution in [0.1, 0.15) is 19.4 Å². The van der Waals surface area contributed by atoms with Crippen molar-refractivity contribution in [2.24, 2.45) is 0 Å². The van der Waals surface area contributed by atoms with E-state index in [-0.39, 0.29) is 11.3 Å². The van der Waals surface area contributed by atoms with Gasteiger partial charge in [0.05, 0.1) is 0 Å². The summed E-state index contributed by atoms with van der Waals surface area (Å²) in [6.07, 6.45) is -0.847. The van der Waals surface area contributed by atoms with Crippen LogP contribution in [0.25, 0.3) is 0 Å². The standard InChI is InChI=1S/C11H12F2O3/c1-3-8-9(13)4-7(12)5-10(8)16-6(2)11(14)15/h4-6H,3H2,1-2H3,(H,14,15). The lowest BCUT2D eigenvalue weighted by molar-refractivity contribution is -0.144. The van der Waals surface area contributed by atoms with Crippen LogP contribution >= 0.6 is 0 Å². The van der Waals surface area contributed by atoms with Gasteiger partial charge in [0.2, 0.25) is 0 Å². The Bertz CT molecular complexity index is 404. The molecule has 1 aromatic carbocycles. The molecule has 1 N–H and O–H groups in total. The van der Waals surface area contributed by atoms with Gasteiger partial charge in [-0.25, -0.2) is 13.6 Å². The average molecular weight is 230 g/mol. The smallest absolute Gasteiger partial charge is 0.344 e. The molecule has 1 aromatic rings. The molecule has 3 nitrogen and oxygen atoms in total. The summed E-state index contributed by atoms with van der Waals surface area (Å²) in [6, 6.07) is 1.73. The minimum atomic E-state index is -1.19. The fraction of sp³-hybridized carbons (Fsp3) is 0.364. The van der Waals surface area contributed by atoms with Crippen LogP contribution in [-0.4, -0.2) is 17.2 Å². The van der Waals surface area contributed by atoms with E-state index in [0.29, 0.717) is 6.42 Å². The molecule has 5 heteroatoms. The maximum atomic E-state index is 13.3. The van der Waals surface area contributed by atoms with Crippen molar-refractivity contribution in [1.29, 1.82) is 0 Å². The van der Waals surface area contributed by atoms with Crippen molar-refractivity contribution in [3.05, 3.63) is 29.3 Å². The van der Waals surface area contributed by atoms with Crippen molar-refractivity contribution in [1.82, 2.24) is 0 Å². The van der Waals surface area contributed by atoms with Gasteiger partial charge in [0.25, 0.3) is 0 Å². The highest BCUT2D eigenvalue weighted by Crippen LogP contribution is 2.25. The van der Waals surface area contributed by atoms with Crippen molar-refractivity contribution in [3.8, 4) is 5.75 Å². The van der Waals surface area contributed by atoms with Gasteiger partial charge in [-0.15, -0.1) is 0 Å². The predicted octanol–water partition coefficient (Wildman–Crippen LogP) is 2.38. The summed E-state index contributed by atoms with van der Waals surface area (Å²) in [5.41, 5.74) is 0.175. The Labute approximate surface area is 91.7 Å². The van der Waals surface area contributed by atoms with Gasteiger partial charge in [-0.1, -0.05) is 6.92 Å². The third kappa shape index (κ3) is 2.68. The number of aliphatic carboxylic acids is 1. The average Bonchev–Trinajstić information content (AvgIpc) is 2.16. The van der Waals surface area contributed by atoms with E-state index in [1.165, 1.54) is 6.92 Å². The molecule has 88 valence electrons. The molecule has 0 saturated carbocycles. The third-order valence-corrected chi connectivity index (χ3v) is 2.12. The number of rotatable bonds is 4. The zero-order valence-electron chi connectivity index (χ0n) is 8.96. The zero-order valence-corrected chi connectivity index (χ0v) is 8.96. The molecule has 0 heterocycles. The molecule has 0 fully saturated rings. The van der Waals surface area contributed by atoms with E-state index >= 15 is 0 Å². The topological polar surface area (TPSA) is 46.5 Å². The van der Waals surface area contributed by atoms with E-state index < -0.39 is 23.7 Å². The Morgan fingerprint density at radius 1 is 1.50 bits per heavy atom. The van der Waals surface area contributed by atoms with Crippen LogP contribution in [0.2, 0.25) is 0 Å². The number of carbonyl (C=O) groups is 1. The fourth-order valence-electron chi connectivity index (χ4n) is 1.27. The van der Waals surface area contributed by atoms with Gasteiger partial charge in [-0.2, -0.15) is 0 Å². The Morgan fingerprint density at radius 2 is 2.12 bits per heavy atom. The first-order chi connectivity index (χ1) is 7.45. The molecule has 0 saturated heterocycles. The molecule has 0 bridgehead atoms. The minimum absolute atomic E-state index is 0.0603. The first kappa shape index (κ1) is 12.4. The highest BCUT2D eigenvalue weighted by Gasteiger charge is 2.17. The van der Waals surface area contributed by atoms with Gasteiger partial charge in [-0.3, -0.25) is 0 Å². The number of carboxylic acid groups (broad SMARTS) is 1. The van der Waals surface area contributed by atoms with Crippen molar-refractivity contribution in [2.45, 2.75) is 26.4 Å². The van der Waals surface area contributed by atoms with Gasteiger partial charge in [0.15, 0.2) is 6.10 Å². The van der Waals surface area contributed by atoms with Crippen molar-refractivity contribution in [2.75, 3.05) is 0 Å². The normalized spacial score (nSPS) is 12.2. The predicted molar refractivity (Wildman–Crippen MR) is 53.5 cm³/mol. The second-order valence-electron chi connectivity index (χ2n) is 3.32. The molecule has 16 heavy (non-hydrogen) atoms. The number of ether oxygens (including phenoxy) is 1. The van der Waals surface area contributed by atoms with E-state index in [1.54, 1.807) is 6.92 Å². The van der Waals surface area contributed by atoms with Crippen LogP contribution < -0.4 is 4.74 Å². The monoisotopic (exact) mass is 230 g/mol. The second-order valence-corrected chi connectivity index (χ2v) is 3.32. The summed E-state index contributed by atoms with van der Waals surface area (Å²) >= 11 is 0. The summed E-state index contributed by atoms with van der Waals surface area (Å²) in [5.74, 6) is -2.76. The highest BCUT2D eigenvalue weighted by atomic mass is 19.1. The molecule has 0 aromatic heterocycles. The summed E-state index contributed by atoms with van der Waals surface area (Å²) in [4.78, 5) is 10.6. The fourth-order valence-corrected chi connectivity index (χ4v) is 1.27. The summed E-state index contributed by atoms with van der Waals surface area (Å²) in [5, 5.41) is 8.63. The molecule has 0 radical (unpaired) electrons. The molecule has 0 spiro atoms. The molecule has 0 aliphatic rings. The lowest BCUT2D eigenvalue weighted by Gasteiger charge is -2.14. The third-order valence-electron chi connectivity index (χ3n) is 2.12. The van der Waals surface area contributed by atoms with Crippen LogP contribution in [-0.2, 0) is 11.2 Å². The van der Waals surface area contributed by atoms with E-state index in [4.69, 9.17) is 9.84 Å². The Kier molecular flexibility index (Phi) is 3.82. The Balaban J connectivity index is 3.07. The Morgan fingerprint density at radius 3 is 2.62 bits per heavy atom. The van der Waals surface area contributed by atoms with E-state index in [2.05, 4.69) is 0 Å². The summed E-state index contributed by atoms with van der Waals surface area (Å²) in [7, 11) is 0. The maximum Gasteiger partial charge on any atom is 0.344 e. The van der Waals surface area contributed by atoms with Crippen molar-refractivity contribution in [3.63, 3.8) is 0 Å². The first-order valence-corrected chi connectivity index (χ1v) is 4.83.